The van der Waals surface area contributed by atoms with E-state index >= 15 is 0 Å². The third-order valence-corrected chi connectivity index (χ3v) is 2.83. The molecule has 0 fully saturated rings. The van der Waals surface area contributed by atoms with Gasteiger partial charge >= 0.3 is 0 Å². The summed E-state index contributed by atoms with van der Waals surface area (Å²) in [5.74, 6) is 0.719. The first-order valence-electron chi connectivity index (χ1n) is 5.94. The van der Waals surface area contributed by atoms with Gasteiger partial charge in [0.05, 0.1) is 24.4 Å². The molecule has 0 amide bonds. The molecule has 0 aromatic heterocycles. The quantitative estimate of drug-likeness (QED) is 0.846. The standard InChI is InChI=1S/C15H13N3OS/c1-19-14-5-3-2-4-13(14)18-15(20)17-12-8-6-11(10-16)7-9-12/h2-9H,1H3,(H2,17,18,20). The van der Waals surface area contributed by atoms with Crippen LogP contribution in [0.15, 0.2) is 48.5 Å². The van der Waals surface area contributed by atoms with Crippen molar-refractivity contribution in [3.63, 3.8) is 0 Å². The van der Waals surface area contributed by atoms with E-state index in [0.717, 1.165) is 17.1 Å². The second-order valence-electron chi connectivity index (χ2n) is 3.97. The minimum absolute atomic E-state index is 0.458. The van der Waals surface area contributed by atoms with Crippen molar-refractivity contribution in [2.45, 2.75) is 0 Å². The highest BCUT2D eigenvalue weighted by molar-refractivity contribution is 7.80. The molecular formula is C15H13N3OS. The van der Waals surface area contributed by atoms with Crippen molar-refractivity contribution < 1.29 is 4.74 Å². The van der Waals surface area contributed by atoms with Crippen LogP contribution in [0, 0.1) is 11.3 Å². The van der Waals surface area contributed by atoms with Gasteiger partial charge in [-0.25, -0.2) is 0 Å². The molecule has 0 saturated heterocycles. The summed E-state index contributed by atoms with van der Waals surface area (Å²) in [5, 5.41) is 15.3. The van der Waals surface area contributed by atoms with Crippen LogP contribution >= 0.6 is 12.2 Å². The van der Waals surface area contributed by atoms with E-state index in [-0.39, 0.29) is 0 Å². The molecule has 0 spiro atoms. The lowest BCUT2D eigenvalue weighted by Gasteiger charge is -2.13. The lowest BCUT2D eigenvalue weighted by Crippen LogP contribution is -2.19. The van der Waals surface area contributed by atoms with Crippen LogP contribution in [-0.4, -0.2) is 12.2 Å². The SMILES string of the molecule is COc1ccccc1NC(=S)Nc1ccc(C#N)cc1. The summed E-state index contributed by atoms with van der Waals surface area (Å²) in [5.41, 5.74) is 2.22. The van der Waals surface area contributed by atoms with Gasteiger partial charge in [0.2, 0.25) is 0 Å². The first-order chi connectivity index (χ1) is 9.72. The van der Waals surface area contributed by atoms with Gasteiger partial charge < -0.3 is 15.4 Å². The molecule has 0 atom stereocenters. The Morgan fingerprint density at radius 2 is 1.80 bits per heavy atom. The molecular weight excluding hydrogens is 270 g/mol. The number of hydrogen-bond acceptors (Lipinski definition) is 3. The lowest BCUT2D eigenvalue weighted by atomic mass is 10.2. The molecule has 2 N–H and O–H groups in total. The van der Waals surface area contributed by atoms with Gasteiger partial charge in [-0.05, 0) is 48.6 Å². The summed E-state index contributed by atoms with van der Waals surface area (Å²) in [6, 6.07) is 16.7. The second-order valence-corrected chi connectivity index (χ2v) is 4.38. The average molecular weight is 283 g/mol. The zero-order valence-electron chi connectivity index (χ0n) is 10.9. The van der Waals surface area contributed by atoms with E-state index < -0.39 is 0 Å². The number of thiocarbonyl (C=S) groups is 1. The van der Waals surface area contributed by atoms with Crippen LogP contribution in [0.5, 0.6) is 5.75 Å². The fourth-order valence-electron chi connectivity index (χ4n) is 1.66. The Hall–Kier alpha value is -2.58. The molecule has 0 bridgehead atoms. The van der Waals surface area contributed by atoms with Crippen LogP contribution < -0.4 is 15.4 Å². The van der Waals surface area contributed by atoms with Crippen LogP contribution in [0.25, 0.3) is 0 Å². The molecule has 0 radical (unpaired) electrons. The number of nitrogens with one attached hydrogen (secondary N) is 2. The number of rotatable bonds is 3. The maximum atomic E-state index is 8.74. The van der Waals surface area contributed by atoms with Crippen molar-refractivity contribution in [1.82, 2.24) is 0 Å². The van der Waals surface area contributed by atoms with Crippen molar-refractivity contribution in [2.75, 3.05) is 17.7 Å². The first kappa shape index (κ1) is 13.8. The summed E-state index contributed by atoms with van der Waals surface area (Å²) < 4.78 is 5.24. The number of ether oxygens (including phenoxy) is 1. The van der Waals surface area contributed by atoms with Gasteiger partial charge in [0.15, 0.2) is 5.11 Å². The van der Waals surface area contributed by atoms with E-state index in [2.05, 4.69) is 16.7 Å². The largest absolute Gasteiger partial charge is 0.495 e. The molecule has 0 heterocycles. The number of benzene rings is 2. The fraction of sp³-hybridized carbons (Fsp3) is 0.0667. The monoisotopic (exact) mass is 283 g/mol. The molecule has 0 unspecified atom stereocenters. The average Bonchev–Trinajstić information content (AvgIpc) is 2.48. The molecule has 4 nitrogen and oxygen atoms in total. The lowest BCUT2D eigenvalue weighted by molar-refractivity contribution is 0.417. The van der Waals surface area contributed by atoms with Gasteiger partial charge in [-0.1, -0.05) is 12.1 Å². The summed E-state index contributed by atoms with van der Waals surface area (Å²) in [6.45, 7) is 0. The Balaban J connectivity index is 2.03. The van der Waals surface area contributed by atoms with Crippen molar-refractivity contribution in [1.29, 1.82) is 5.26 Å². The van der Waals surface area contributed by atoms with Gasteiger partial charge in [0.25, 0.3) is 0 Å². The predicted molar refractivity (Wildman–Crippen MR) is 84.0 cm³/mol. The third-order valence-electron chi connectivity index (χ3n) is 2.63. The first-order valence-corrected chi connectivity index (χ1v) is 6.35. The molecule has 0 aliphatic heterocycles. The third kappa shape index (κ3) is 3.46. The normalized spacial score (nSPS) is 9.40. The molecule has 0 aliphatic rings. The van der Waals surface area contributed by atoms with E-state index in [9.17, 15) is 0 Å². The Morgan fingerprint density at radius 3 is 2.45 bits per heavy atom. The van der Waals surface area contributed by atoms with E-state index in [1.54, 1.807) is 31.4 Å². The van der Waals surface area contributed by atoms with Crippen molar-refractivity contribution in [3.05, 3.63) is 54.1 Å². The molecule has 2 aromatic rings. The Bertz CT molecular complexity index is 647. The number of methoxy groups -OCH3 is 1. The summed E-state index contributed by atoms with van der Waals surface area (Å²) >= 11 is 5.24. The number of para-hydroxylation sites is 2. The number of anilines is 2. The maximum Gasteiger partial charge on any atom is 0.175 e. The van der Waals surface area contributed by atoms with Crippen LogP contribution in [0.4, 0.5) is 11.4 Å². The molecule has 20 heavy (non-hydrogen) atoms. The number of nitriles is 1. The zero-order chi connectivity index (χ0) is 14.4. The molecule has 0 saturated carbocycles. The topological polar surface area (TPSA) is 57.1 Å². The van der Waals surface area contributed by atoms with Crippen molar-refractivity contribution in [2.24, 2.45) is 0 Å². The van der Waals surface area contributed by atoms with Crippen molar-refractivity contribution >= 4 is 28.7 Å². The zero-order valence-corrected chi connectivity index (χ0v) is 11.7. The van der Waals surface area contributed by atoms with E-state index in [1.165, 1.54) is 0 Å². The smallest absolute Gasteiger partial charge is 0.175 e. The van der Waals surface area contributed by atoms with E-state index in [4.69, 9.17) is 22.2 Å². The Morgan fingerprint density at radius 1 is 1.10 bits per heavy atom. The van der Waals surface area contributed by atoms with Crippen LogP contribution in [0.2, 0.25) is 0 Å². The van der Waals surface area contributed by atoms with Gasteiger partial charge in [0, 0.05) is 5.69 Å². The van der Waals surface area contributed by atoms with Crippen LogP contribution in [0.3, 0.4) is 0 Å². The summed E-state index contributed by atoms with van der Waals surface area (Å²) in [6.07, 6.45) is 0. The van der Waals surface area contributed by atoms with E-state index in [0.29, 0.717) is 10.7 Å². The minimum Gasteiger partial charge on any atom is -0.495 e. The molecule has 0 aliphatic carbocycles. The highest BCUT2D eigenvalue weighted by Gasteiger charge is 2.04. The van der Waals surface area contributed by atoms with E-state index in [1.807, 2.05) is 24.3 Å². The maximum absolute atomic E-state index is 8.74. The number of hydrogen-bond donors (Lipinski definition) is 2. The molecule has 100 valence electrons. The molecule has 2 rings (SSSR count). The van der Waals surface area contributed by atoms with Crippen LogP contribution in [0.1, 0.15) is 5.56 Å². The number of nitrogens with zero attached hydrogens (tertiary/aromatic N) is 1. The Kier molecular flexibility index (Phi) is 4.53. The van der Waals surface area contributed by atoms with Crippen molar-refractivity contribution in [3.8, 4) is 11.8 Å². The molecule has 5 heteroatoms. The summed E-state index contributed by atoms with van der Waals surface area (Å²) in [4.78, 5) is 0. The van der Waals surface area contributed by atoms with Gasteiger partial charge in [-0.2, -0.15) is 5.26 Å². The second kappa shape index (κ2) is 6.55. The van der Waals surface area contributed by atoms with Gasteiger partial charge in [-0.15, -0.1) is 0 Å². The van der Waals surface area contributed by atoms with Gasteiger partial charge in [0.1, 0.15) is 5.75 Å². The van der Waals surface area contributed by atoms with Gasteiger partial charge in [-0.3, -0.25) is 0 Å². The molecule has 2 aromatic carbocycles. The predicted octanol–water partition coefficient (Wildman–Crippen LogP) is 3.38. The highest BCUT2D eigenvalue weighted by atomic mass is 32.1. The Labute approximate surface area is 123 Å². The minimum atomic E-state index is 0.458. The highest BCUT2D eigenvalue weighted by Crippen LogP contribution is 2.23. The fourth-order valence-corrected chi connectivity index (χ4v) is 1.89. The summed E-state index contributed by atoms with van der Waals surface area (Å²) in [7, 11) is 1.61. The van der Waals surface area contributed by atoms with Crippen LogP contribution in [-0.2, 0) is 0 Å².